The van der Waals surface area contributed by atoms with E-state index < -0.39 is 17.3 Å². The second-order valence-corrected chi connectivity index (χ2v) is 5.36. The SMILES string of the molecule is CC1(NC(=O)c2cc(Br)ccc2F)CCOC1. The van der Waals surface area contributed by atoms with Gasteiger partial charge in [0, 0.05) is 11.1 Å². The van der Waals surface area contributed by atoms with Crippen LogP contribution in [-0.2, 0) is 4.74 Å². The van der Waals surface area contributed by atoms with Crippen molar-refractivity contribution in [1.82, 2.24) is 5.32 Å². The molecular weight excluding hydrogens is 289 g/mol. The number of halogens is 2. The molecule has 1 N–H and O–H groups in total. The van der Waals surface area contributed by atoms with E-state index in [4.69, 9.17) is 4.74 Å². The van der Waals surface area contributed by atoms with E-state index in [1.807, 2.05) is 6.92 Å². The smallest absolute Gasteiger partial charge is 0.254 e. The van der Waals surface area contributed by atoms with Gasteiger partial charge in [-0.2, -0.15) is 0 Å². The second-order valence-electron chi connectivity index (χ2n) is 4.44. The predicted molar refractivity (Wildman–Crippen MR) is 65.4 cm³/mol. The number of rotatable bonds is 2. The molecule has 5 heteroatoms. The van der Waals surface area contributed by atoms with Crippen molar-refractivity contribution in [3.63, 3.8) is 0 Å². The van der Waals surface area contributed by atoms with Gasteiger partial charge >= 0.3 is 0 Å². The fourth-order valence-corrected chi connectivity index (χ4v) is 2.14. The average molecular weight is 302 g/mol. The van der Waals surface area contributed by atoms with Gasteiger partial charge in [0.25, 0.3) is 5.91 Å². The van der Waals surface area contributed by atoms with Crippen molar-refractivity contribution in [3.05, 3.63) is 34.1 Å². The summed E-state index contributed by atoms with van der Waals surface area (Å²) >= 11 is 3.22. The van der Waals surface area contributed by atoms with Gasteiger partial charge in [-0.3, -0.25) is 4.79 Å². The van der Waals surface area contributed by atoms with E-state index in [0.717, 1.165) is 6.42 Å². The predicted octanol–water partition coefficient (Wildman–Crippen LogP) is 2.50. The van der Waals surface area contributed by atoms with Crippen molar-refractivity contribution in [1.29, 1.82) is 0 Å². The molecule has 1 amide bonds. The maximum Gasteiger partial charge on any atom is 0.254 e. The molecule has 0 spiro atoms. The molecule has 0 radical (unpaired) electrons. The average Bonchev–Trinajstić information content (AvgIpc) is 2.68. The summed E-state index contributed by atoms with van der Waals surface area (Å²) in [6, 6.07) is 4.31. The van der Waals surface area contributed by atoms with E-state index in [0.29, 0.717) is 17.7 Å². The molecule has 0 aliphatic carbocycles. The van der Waals surface area contributed by atoms with Crippen LogP contribution >= 0.6 is 15.9 Å². The molecule has 1 fully saturated rings. The van der Waals surface area contributed by atoms with Crippen LogP contribution in [0.2, 0.25) is 0 Å². The largest absolute Gasteiger partial charge is 0.379 e. The third-order valence-electron chi connectivity index (χ3n) is 2.81. The van der Waals surface area contributed by atoms with Crippen LogP contribution < -0.4 is 5.32 Å². The van der Waals surface area contributed by atoms with Crippen molar-refractivity contribution < 1.29 is 13.9 Å². The van der Waals surface area contributed by atoms with E-state index in [2.05, 4.69) is 21.2 Å². The number of carbonyl (C=O) groups is 1. The first-order valence-electron chi connectivity index (χ1n) is 5.35. The number of carbonyl (C=O) groups excluding carboxylic acids is 1. The maximum atomic E-state index is 13.5. The highest BCUT2D eigenvalue weighted by Gasteiger charge is 2.32. The second kappa shape index (κ2) is 4.74. The third kappa shape index (κ3) is 2.84. The lowest BCUT2D eigenvalue weighted by Gasteiger charge is -2.23. The topological polar surface area (TPSA) is 38.3 Å². The lowest BCUT2D eigenvalue weighted by Crippen LogP contribution is -2.46. The fraction of sp³-hybridized carbons (Fsp3) is 0.417. The molecule has 17 heavy (non-hydrogen) atoms. The van der Waals surface area contributed by atoms with Crippen LogP contribution in [0.1, 0.15) is 23.7 Å². The Labute approximate surface area is 107 Å². The number of hydrogen-bond acceptors (Lipinski definition) is 2. The number of hydrogen-bond donors (Lipinski definition) is 1. The Hall–Kier alpha value is -0.940. The van der Waals surface area contributed by atoms with Crippen LogP contribution in [0.4, 0.5) is 4.39 Å². The highest BCUT2D eigenvalue weighted by Crippen LogP contribution is 2.20. The van der Waals surface area contributed by atoms with Gasteiger partial charge in [0.05, 0.1) is 17.7 Å². The van der Waals surface area contributed by atoms with Gasteiger partial charge in [-0.1, -0.05) is 15.9 Å². The molecule has 1 aliphatic heterocycles. The van der Waals surface area contributed by atoms with Gasteiger partial charge in [-0.15, -0.1) is 0 Å². The van der Waals surface area contributed by atoms with Gasteiger partial charge in [-0.05, 0) is 31.5 Å². The molecule has 1 aromatic rings. The lowest BCUT2D eigenvalue weighted by molar-refractivity contribution is 0.0885. The first-order chi connectivity index (χ1) is 8.00. The molecule has 0 bridgehead atoms. The summed E-state index contributed by atoms with van der Waals surface area (Å²) in [5.74, 6) is -0.926. The van der Waals surface area contributed by atoms with Crippen molar-refractivity contribution in [2.24, 2.45) is 0 Å². The molecule has 1 atom stereocenters. The monoisotopic (exact) mass is 301 g/mol. The summed E-state index contributed by atoms with van der Waals surface area (Å²) in [5, 5.41) is 2.81. The number of benzene rings is 1. The number of nitrogens with one attached hydrogen (secondary N) is 1. The lowest BCUT2D eigenvalue weighted by atomic mass is 10.0. The minimum absolute atomic E-state index is 0.0486. The maximum absolute atomic E-state index is 13.5. The van der Waals surface area contributed by atoms with Crippen LogP contribution in [-0.4, -0.2) is 24.7 Å². The molecule has 92 valence electrons. The van der Waals surface area contributed by atoms with Crippen LogP contribution in [0.25, 0.3) is 0 Å². The standard InChI is InChI=1S/C12H13BrFNO2/c1-12(4-5-17-7-12)15-11(16)9-6-8(13)2-3-10(9)14/h2-3,6H,4-5,7H2,1H3,(H,15,16). The Balaban J connectivity index is 2.17. The molecule has 1 aliphatic rings. The summed E-state index contributed by atoms with van der Waals surface area (Å²) in [5.41, 5.74) is -0.348. The van der Waals surface area contributed by atoms with Crippen LogP contribution in [0.5, 0.6) is 0 Å². The Kier molecular flexibility index (Phi) is 3.49. The normalized spacial score (nSPS) is 23.7. The molecule has 0 saturated carbocycles. The molecule has 1 saturated heterocycles. The summed E-state index contributed by atoms with van der Waals surface area (Å²) in [6.45, 7) is 2.99. The van der Waals surface area contributed by atoms with Crippen LogP contribution in [0.3, 0.4) is 0 Å². The van der Waals surface area contributed by atoms with E-state index in [1.54, 1.807) is 6.07 Å². The van der Waals surface area contributed by atoms with E-state index in [1.165, 1.54) is 12.1 Å². The van der Waals surface area contributed by atoms with Gasteiger partial charge in [0.2, 0.25) is 0 Å². The van der Waals surface area contributed by atoms with Gasteiger partial charge in [-0.25, -0.2) is 4.39 Å². The molecule has 2 rings (SSSR count). The van der Waals surface area contributed by atoms with Crippen LogP contribution in [0.15, 0.2) is 22.7 Å². The van der Waals surface area contributed by atoms with Gasteiger partial charge < -0.3 is 10.1 Å². The first-order valence-corrected chi connectivity index (χ1v) is 6.15. The van der Waals surface area contributed by atoms with Crippen molar-refractivity contribution >= 4 is 21.8 Å². The Bertz CT molecular complexity index is 444. The summed E-state index contributed by atoms with van der Waals surface area (Å²) in [6.07, 6.45) is 0.744. The van der Waals surface area contributed by atoms with E-state index >= 15 is 0 Å². The quantitative estimate of drug-likeness (QED) is 0.911. The van der Waals surface area contributed by atoms with E-state index in [9.17, 15) is 9.18 Å². The molecule has 0 aromatic heterocycles. The zero-order valence-corrected chi connectivity index (χ0v) is 11.0. The molecule has 1 unspecified atom stereocenters. The Morgan fingerprint density at radius 2 is 2.35 bits per heavy atom. The van der Waals surface area contributed by atoms with Crippen molar-refractivity contribution in [2.75, 3.05) is 13.2 Å². The Morgan fingerprint density at radius 3 is 3.00 bits per heavy atom. The van der Waals surface area contributed by atoms with Crippen molar-refractivity contribution in [3.8, 4) is 0 Å². The highest BCUT2D eigenvalue weighted by atomic mass is 79.9. The molecular formula is C12H13BrFNO2. The Morgan fingerprint density at radius 1 is 1.59 bits per heavy atom. The molecule has 1 heterocycles. The first kappa shape index (κ1) is 12.5. The zero-order chi connectivity index (χ0) is 12.5. The van der Waals surface area contributed by atoms with Gasteiger partial charge in [0.1, 0.15) is 5.82 Å². The molecule has 1 aromatic carbocycles. The highest BCUT2D eigenvalue weighted by molar-refractivity contribution is 9.10. The number of amides is 1. The fourth-order valence-electron chi connectivity index (χ4n) is 1.78. The van der Waals surface area contributed by atoms with Crippen LogP contribution in [0, 0.1) is 5.82 Å². The van der Waals surface area contributed by atoms with Crippen molar-refractivity contribution in [2.45, 2.75) is 18.9 Å². The summed E-state index contributed by atoms with van der Waals surface area (Å²) in [4.78, 5) is 12.0. The third-order valence-corrected chi connectivity index (χ3v) is 3.30. The van der Waals surface area contributed by atoms with Gasteiger partial charge in [0.15, 0.2) is 0 Å². The summed E-state index contributed by atoms with van der Waals surface area (Å²) < 4.78 is 19.4. The minimum atomic E-state index is -0.520. The zero-order valence-electron chi connectivity index (χ0n) is 9.43. The number of ether oxygens (including phenoxy) is 1. The molecule has 3 nitrogen and oxygen atoms in total. The van der Waals surface area contributed by atoms with E-state index in [-0.39, 0.29) is 5.56 Å². The minimum Gasteiger partial charge on any atom is -0.379 e. The summed E-state index contributed by atoms with van der Waals surface area (Å²) in [7, 11) is 0.